The Kier molecular flexibility index (Phi) is 3.64. The first-order chi connectivity index (χ1) is 7.15. The second-order valence-electron chi connectivity index (χ2n) is 5.04. The monoisotopic (exact) mass is 248 g/mol. The average Bonchev–Trinajstić information content (AvgIpc) is 2.11. The number of carbonyl (C=O) groups excluding carboxylic acids is 1. The third kappa shape index (κ3) is 2.74. The molecule has 1 unspecified atom stereocenters. The number of hydrogen-bond donors (Lipinski definition) is 1. The van der Waals surface area contributed by atoms with Crippen LogP contribution in [0.2, 0.25) is 0 Å². The molecule has 1 heterocycles. The predicted octanol–water partition coefficient (Wildman–Crippen LogP) is -0.241. The summed E-state index contributed by atoms with van der Waals surface area (Å²) >= 11 is 0. The number of piperidine rings is 1. The molecule has 1 aliphatic rings. The highest BCUT2D eigenvalue weighted by Crippen LogP contribution is 2.20. The highest BCUT2D eigenvalue weighted by Gasteiger charge is 2.36. The Morgan fingerprint density at radius 2 is 2.06 bits per heavy atom. The highest BCUT2D eigenvalue weighted by atomic mass is 32.2. The molecular formula is C10H20N2O3S. The van der Waals surface area contributed by atoms with E-state index in [1.807, 2.05) is 0 Å². The zero-order valence-corrected chi connectivity index (χ0v) is 10.9. The van der Waals surface area contributed by atoms with E-state index in [9.17, 15) is 13.2 Å². The number of likely N-dealkylation sites (tertiary alicyclic amines) is 1. The zero-order chi connectivity index (χ0) is 12.6. The van der Waals surface area contributed by atoms with Gasteiger partial charge in [0.1, 0.15) is 0 Å². The highest BCUT2D eigenvalue weighted by molar-refractivity contribution is 7.92. The number of hydrogen-bond acceptors (Lipinski definition) is 4. The van der Waals surface area contributed by atoms with Gasteiger partial charge in [0.2, 0.25) is 5.91 Å². The fourth-order valence-electron chi connectivity index (χ4n) is 1.70. The summed E-state index contributed by atoms with van der Waals surface area (Å²) in [6.45, 7) is 4.09. The largest absolute Gasteiger partial charge is 0.340 e. The van der Waals surface area contributed by atoms with E-state index in [0.717, 1.165) is 6.42 Å². The number of nitrogens with two attached hydrogens (primary N) is 1. The lowest BCUT2D eigenvalue weighted by molar-refractivity contribution is -0.135. The first-order valence-corrected chi connectivity index (χ1v) is 7.28. The molecule has 0 spiro atoms. The average molecular weight is 248 g/mol. The summed E-state index contributed by atoms with van der Waals surface area (Å²) in [6.07, 6.45) is 2.72. The number of amides is 1. The molecule has 0 aromatic carbocycles. The second-order valence-corrected chi connectivity index (χ2v) is 7.69. The van der Waals surface area contributed by atoms with Crippen molar-refractivity contribution in [1.82, 2.24) is 4.90 Å². The fraction of sp³-hybridized carbons (Fsp3) is 0.900. The summed E-state index contributed by atoms with van der Waals surface area (Å²) in [4.78, 5) is 13.3. The molecule has 1 fully saturated rings. The van der Waals surface area contributed by atoms with Crippen LogP contribution in [0.25, 0.3) is 0 Å². The van der Waals surface area contributed by atoms with Gasteiger partial charge in [-0.05, 0) is 26.7 Å². The maximum absolute atomic E-state index is 11.7. The zero-order valence-electron chi connectivity index (χ0n) is 10.1. The molecule has 0 aromatic rings. The van der Waals surface area contributed by atoms with Gasteiger partial charge in [0.25, 0.3) is 0 Å². The van der Waals surface area contributed by atoms with E-state index in [1.54, 1.807) is 18.7 Å². The molecule has 0 aliphatic carbocycles. The van der Waals surface area contributed by atoms with Crippen molar-refractivity contribution in [2.75, 3.05) is 19.3 Å². The van der Waals surface area contributed by atoms with Gasteiger partial charge in [0, 0.05) is 19.3 Å². The molecule has 1 aliphatic heterocycles. The van der Waals surface area contributed by atoms with Crippen molar-refractivity contribution in [3.8, 4) is 0 Å². The lowest BCUT2D eigenvalue weighted by Gasteiger charge is -2.35. The van der Waals surface area contributed by atoms with E-state index in [4.69, 9.17) is 5.73 Å². The Labute approximate surface area is 96.9 Å². The number of sulfone groups is 1. The third-order valence-corrected chi connectivity index (χ3v) is 5.28. The molecule has 1 rings (SSSR count). The molecule has 0 radical (unpaired) electrons. The van der Waals surface area contributed by atoms with Gasteiger partial charge in [-0.2, -0.15) is 0 Å². The Morgan fingerprint density at radius 3 is 2.56 bits per heavy atom. The van der Waals surface area contributed by atoms with E-state index in [1.165, 1.54) is 6.26 Å². The predicted molar refractivity (Wildman–Crippen MR) is 62.7 cm³/mol. The number of carbonyl (C=O) groups is 1. The molecule has 2 N–H and O–H groups in total. The van der Waals surface area contributed by atoms with E-state index in [2.05, 4.69) is 0 Å². The van der Waals surface area contributed by atoms with Crippen LogP contribution in [0, 0.1) is 0 Å². The first-order valence-electron chi connectivity index (χ1n) is 5.39. The van der Waals surface area contributed by atoms with Gasteiger partial charge in [0.15, 0.2) is 9.84 Å². The Hall–Kier alpha value is -0.620. The molecule has 0 bridgehead atoms. The molecule has 1 amide bonds. The lowest BCUT2D eigenvalue weighted by Crippen LogP contribution is -2.54. The molecule has 5 nitrogen and oxygen atoms in total. The van der Waals surface area contributed by atoms with Crippen molar-refractivity contribution in [3.05, 3.63) is 0 Å². The minimum absolute atomic E-state index is 0.136. The van der Waals surface area contributed by atoms with Crippen LogP contribution in [0.4, 0.5) is 0 Å². The molecule has 94 valence electrons. The van der Waals surface area contributed by atoms with E-state index < -0.39 is 20.6 Å². The van der Waals surface area contributed by atoms with Crippen molar-refractivity contribution in [1.29, 1.82) is 0 Å². The van der Waals surface area contributed by atoms with Gasteiger partial charge in [-0.15, -0.1) is 0 Å². The first kappa shape index (κ1) is 13.4. The molecule has 6 heteroatoms. The van der Waals surface area contributed by atoms with Crippen LogP contribution in [0.5, 0.6) is 0 Å². The van der Waals surface area contributed by atoms with Gasteiger partial charge in [-0.1, -0.05) is 0 Å². The molecule has 0 aromatic heterocycles. The van der Waals surface area contributed by atoms with Gasteiger partial charge >= 0.3 is 0 Å². The summed E-state index contributed by atoms with van der Waals surface area (Å²) in [5.74, 6) is -0.136. The van der Waals surface area contributed by atoms with Crippen molar-refractivity contribution >= 4 is 15.7 Å². The Morgan fingerprint density at radius 1 is 1.50 bits per heavy atom. The topological polar surface area (TPSA) is 80.5 Å². The summed E-state index contributed by atoms with van der Waals surface area (Å²) < 4.78 is 22.2. The minimum atomic E-state index is -3.18. The van der Waals surface area contributed by atoms with Crippen LogP contribution in [0.15, 0.2) is 0 Å². The molecule has 1 atom stereocenters. The van der Waals surface area contributed by atoms with E-state index in [0.29, 0.717) is 13.0 Å². The fourth-order valence-corrected chi connectivity index (χ4v) is 2.09. The SMILES string of the molecule is CC(C)(CN1CCCC(N)C1=O)S(C)(=O)=O. The van der Waals surface area contributed by atoms with Crippen LogP contribution >= 0.6 is 0 Å². The van der Waals surface area contributed by atoms with E-state index >= 15 is 0 Å². The third-order valence-electron chi connectivity index (χ3n) is 3.15. The molecular weight excluding hydrogens is 228 g/mol. The van der Waals surface area contributed by atoms with Crippen LogP contribution in [-0.2, 0) is 14.6 Å². The van der Waals surface area contributed by atoms with Crippen LogP contribution in [0.1, 0.15) is 26.7 Å². The van der Waals surface area contributed by atoms with Crippen LogP contribution < -0.4 is 5.73 Å². The van der Waals surface area contributed by atoms with Crippen molar-refractivity contribution in [3.63, 3.8) is 0 Å². The Balaban J connectivity index is 2.78. The Bertz CT molecular complexity index is 376. The summed E-state index contributed by atoms with van der Waals surface area (Å²) in [6, 6.07) is -0.468. The van der Waals surface area contributed by atoms with Gasteiger partial charge in [-0.25, -0.2) is 8.42 Å². The van der Waals surface area contributed by atoms with Gasteiger partial charge in [-0.3, -0.25) is 4.79 Å². The molecule has 1 saturated heterocycles. The standard InChI is InChI=1S/C10H20N2O3S/c1-10(2,16(3,14)15)7-12-6-4-5-8(11)9(12)13/h8H,4-7,11H2,1-3H3. The quantitative estimate of drug-likeness (QED) is 0.747. The molecule has 16 heavy (non-hydrogen) atoms. The number of nitrogens with zero attached hydrogens (tertiary/aromatic N) is 1. The smallest absolute Gasteiger partial charge is 0.239 e. The van der Waals surface area contributed by atoms with Gasteiger partial charge < -0.3 is 10.6 Å². The van der Waals surface area contributed by atoms with Crippen molar-refractivity contribution in [2.24, 2.45) is 5.73 Å². The van der Waals surface area contributed by atoms with Crippen LogP contribution in [0.3, 0.4) is 0 Å². The maximum Gasteiger partial charge on any atom is 0.239 e. The lowest BCUT2D eigenvalue weighted by atomic mass is 10.0. The second kappa shape index (κ2) is 4.33. The minimum Gasteiger partial charge on any atom is -0.340 e. The van der Waals surface area contributed by atoms with Crippen molar-refractivity contribution < 1.29 is 13.2 Å². The summed E-state index contributed by atoms with van der Waals surface area (Å²) in [5.41, 5.74) is 5.66. The summed E-state index contributed by atoms with van der Waals surface area (Å²) in [7, 11) is -3.18. The molecule has 0 saturated carbocycles. The van der Waals surface area contributed by atoms with E-state index in [-0.39, 0.29) is 12.5 Å². The van der Waals surface area contributed by atoms with Crippen LogP contribution in [-0.4, -0.2) is 49.4 Å². The summed E-state index contributed by atoms with van der Waals surface area (Å²) in [5, 5.41) is 0. The van der Waals surface area contributed by atoms with Crippen molar-refractivity contribution in [2.45, 2.75) is 37.5 Å². The van der Waals surface area contributed by atoms with Gasteiger partial charge in [0.05, 0.1) is 10.8 Å². The number of rotatable bonds is 3. The maximum atomic E-state index is 11.7. The normalized spacial score (nSPS) is 23.6.